The Hall–Kier alpha value is -0.900. The average Bonchev–Trinajstić information content (AvgIpc) is 3.08. The first kappa shape index (κ1) is 15.0. The molecule has 3 nitrogen and oxygen atoms in total. The van der Waals surface area contributed by atoms with Gasteiger partial charge in [0.25, 0.3) is 0 Å². The van der Waals surface area contributed by atoms with E-state index in [0.717, 1.165) is 12.6 Å². The summed E-state index contributed by atoms with van der Waals surface area (Å²) in [7, 11) is 2.06. The highest BCUT2D eigenvalue weighted by Crippen LogP contribution is 2.27. The molecule has 1 saturated carbocycles. The number of nitrogens with one attached hydrogen (secondary N) is 1. The Bertz CT molecular complexity index is 406. The van der Waals surface area contributed by atoms with Crippen LogP contribution >= 0.6 is 0 Å². The molecule has 0 spiro atoms. The van der Waals surface area contributed by atoms with Crippen LogP contribution < -0.4 is 5.32 Å². The Labute approximate surface area is 129 Å². The van der Waals surface area contributed by atoms with E-state index in [1.807, 2.05) is 0 Å². The molecule has 3 heteroatoms. The van der Waals surface area contributed by atoms with E-state index in [1.165, 1.54) is 57.4 Å². The number of hydrogen-bond acceptors (Lipinski definition) is 3. The summed E-state index contributed by atoms with van der Waals surface area (Å²) < 4.78 is 0. The third kappa shape index (κ3) is 3.65. The third-order valence-corrected chi connectivity index (χ3v) is 5.21. The summed E-state index contributed by atoms with van der Waals surface area (Å²) in [6.07, 6.45) is 5.74. The summed E-state index contributed by atoms with van der Waals surface area (Å²) in [6.45, 7) is 5.94. The number of rotatable bonds is 5. The van der Waals surface area contributed by atoms with Crippen molar-refractivity contribution >= 4 is 0 Å². The van der Waals surface area contributed by atoms with Crippen molar-refractivity contribution in [2.24, 2.45) is 0 Å². The molecule has 1 atom stereocenters. The summed E-state index contributed by atoms with van der Waals surface area (Å²) in [5.41, 5.74) is 1.45. The first-order valence-electron chi connectivity index (χ1n) is 8.56. The molecule has 1 aromatic carbocycles. The number of hydrogen-bond donors (Lipinski definition) is 1. The van der Waals surface area contributed by atoms with E-state index in [9.17, 15) is 0 Å². The lowest BCUT2D eigenvalue weighted by Gasteiger charge is -2.41. The topological polar surface area (TPSA) is 18.5 Å². The van der Waals surface area contributed by atoms with Gasteiger partial charge in [-0.05, 0) is 25.5 Å². The minimum atomic E-state index is 0.516. The Morgan fingerprint density at radius 3 is 2.33 bits per heavy atom. The molecule has 0 aromatic heterocycles. The van der Waals surface area contributed by atoms with E-state index in [1.54, 1.807) is 0 Å². The second-order valence-electron chi connectivity index (χ2n) is 6.49. The summed E-state index contributed by atoms with van der Waals surface area (Å²) in [5, 5.41) is 3.37. The molecule has 1 unspecified atom stereocenters. The lowest BCUT2D eigenvalue weighted by Crippen LogP contribution is -2.51. The molecule has 1 N–H and O–H groups in total. The zero-order chi connectivity index (χ0) is 14.5. The molecule has 3 rings (SSSR count). The monoisotopic (exact) mass is 287 g/mol. The van der Waals surface area contributed by atoms with Gasteiger partial charge in [-0.25, -0.2) is 0 Å². The highest BCUT2D eigenvalue weighted by Gasteiger charge is 2.29. The maximum atomic E-state index is 3.37. The van der Waals surface area contributed by atoms with Gasteiger partial charge < -0.3 is 5.32 Å². The van der Waals surface area contributed by atoms with E-state index in [2.05, 4.69) is 52.5 Å². The van der Waals surface area contributed by atoms with Crippen LogP contribution in [0.25, 0.3) is 0 Å². The van der Waals surface area contributed by atoms with Gasteiger partial charge in [0.05, 0.1) is 0 Å². The van der Waals surface area contributed by atoms with Crippen molar-refractivity contribution < 1.29 is 0 Å². The summed E-state index contributed by atoms with van der Waals surface area (Å²) in [5.74, 6) is 0. The highest BCUT2D eigenvalue weighted by molar-refractivity contribution is 5.19. The Morgan fingerprint density at radius 2 is 1.71 bits per heavy atom. The second-order valence-corrected chi connectivity index (χ2v) is 6.49. The first-order valence-corrected chi connectivity index (χ1v) is 8.56. The van der Waals surface area contributed by atoms with Gasteiger partial charge in [-0.3, -0.25) is 9.80 Å². The fourth-order valence-corrected chi connectivity index (χ4v) is 4.01. The second kappa shape index (κ2) is 7.39. The maximum Gasteiger partial charge on any atom is 0.0473 e. The first-order chi connectivity index (χ1) is 10.4. The molecule has 0 amide bonds. The third-order valence-electron chi connectivity index (χ3n) is 5.21. The van der Waals surface area contributed by atoms with Gasteiger partial charge in [-0.2, -0.15) is 0 Å². The van der Waals surface area contributed by atoms with Crippen LogP contribution in [0.1, 0.15) is 37.3 Å². The van der Waals surface area contributed by atoms with Gasteiger partial charge in [-0.1, -0.05) is 43.2 Å². The maximum absolute atomic E-state index is 3.37. The molecule has 0 radical (unpaired) electrons. The van der Waals surface area contributed by atoms with Crippen LogP contribution in [0.2, 0.25) is 0 Å². The Morgan fingerprint density at radius 1 is 1.05 bits per heavy atom. The largest absolute Gasteiger partial charge is 0.318 e. The molecular formula is C18H29N3. The predicted octanol–water partition coefficient (Wildman–Crippen LogP) is 2.51. The van der Waals surface area contributed by atoms with Crippen molar-refractivity contribution in [3.05, 3.63) is 35.9 Å². The smallest absolute Gasteiger partial charge is 0.0473 e. The van der Waals surface area contributed by atoms with Crippen LogP contribution in [0, 0.1) is 0 Å². The Kier molecular flexibility index (Phi) is 5.28. The fraction of sp³-hybridized carbons (Fsp3) is 0.667. The molecule has 2 aliphatic rings. The number of nitrogens with zero attached hydrogens (tertiary/aromatic N) is 2. The molecule has 1 heterocycles. The zero-order valence-corrected chi connectivity index (χ0v) is 13.3. The van der Waals surface area contributed by atoms with Gasteiger partial charge in [0.1, 0.15) is 0 Å². The van der Waals surface area contributed by atoms with Gasteiger partial charge in [0.15, 0.2) is 0 Å². The summed E-state index contributed by atoms with van der Waals surface area (Å²) in [4.78, 5) is 5.40. The molecule has 2 fully saturated rings. The normalized spacial score (nSPS) is 23.5. The van der Waals surface area contributed by atoms with Gasteiger partial charge in [0.2, 0.25) is 0 Å². The van der Waals surface area contributed by atoms with Gasteiger partial charge in [0, 0.05) is 44.8 Å². The van der Waals surface area contributed by atoms with Crippen LogP contribution in [-0.2, 0) is 0 Å². The van der Waals surface area contributed by atoms with E-state index in [4.69, 9.17) is 0 Å². The van der Waals surface area contributed by atoms with Crippen LogP contribution in [0.4, 0.5) is 0 Å². The highest BCUT2D eigenvalue weighted by atomic mass is 15.3. The molecule has 1 aliphatic heterocycles. The molecule has 0 bridgehead atoms. The average molecular weight is 287 g/mol. The van der Waals surface area contributed by atoms with E-state index < -0.39 is 0 Å². The minimum Gasteiger partial charge on any atom is -0.318 e. The summed E-state index contributed by atoms with van der Waals surface area (Å²) in [6, 6.07) is 12.4. The van der Waals surface area contributed by atoms with Gasteiger partial charge in [-0.15, -0.1) is 0 Å². The van der Waals surface area contributed by atoms with E-state index in [0.29, 0.717) is 6.04 Å². The molecule has 1 saturated heterocycles. The lowest BCUT2D eigenvalue weighted by molar-refractivity contribution is 0.0702. The van der Waals surface area contributed by atoms with Crippen LogP contribution in [0.3, 0.4) is 0 Å². The molecular weight excluding hydrogens is 258 g/mol. The quantitative estimate of drug-likeness (QED) is 0.898. The standard InChI is InChI=1S/C18H29N3/c1-19-15-18(16-7-3-2-4-8-16)21-13-11-20(12-14-21)17-9-5-6-10-17/h2-4,7-8,17-19H,5-6,9-15H2,1H3. The lowest BCUT2D eigenvalue weighted by atomic mass is 10.0. The van der Waals surface area contributed by atoms with Crippen LogP contribution in [-0.4, -0.2) is 55.6 Å². The van der Waals surface area contributed by atoms with E-state index >= 15 is 0 Å². The predicted molar refractivity (Wildman–Crippen MR) is 88.5 cm³/mol. The van der Waals surface area contributed by atoms with Gasteiger partial charge >= 0.3 is 0 Å². The van der Waals surface area contributed by atoms with Crippen molar-refractivity contribution in [1.29, 1.82) is 0 Å². The minimum absolute atomic E-state index is 0.516. The van der Waals surface area contributed by atoms with Crippen molar-refractivity contribution in [1.82, 2.24) is 15.1 Å². The molecule has 1 aromatic rings. The van der Waals surface area contributed by atoms with Crippen molar-refractivity contribution in [2.75, 3.05) is 39.8 Å². The van der Waals surface area contributed by atoms with Crippen LogP contribution in [0.5, 0.6) is 0 Å². The number of benzene rings is 1. The van der Waals surface area contributed by atoms with Crippen LogP contribution in [0.15, 0.2) is 30.3 Å². The molecule has 21 heavy (non-hydrogen) atoms. The van der Waals surface area contributed by atoms with E-state index in [-0.39, 0.29) is 0 Å². The van der Waals surface area contributed by atoms with Crippen molar-refractivity contribution in [3.63, 3.8) is 0 Å². The summed E-state index contributed by atoms with van der Waals surface area (Å²) >= 11 is 0. The van der Waals surface area contributed by atoms with Crippen molar-refractivity contribution in [2.45, 2.75) is 37.8 Å². The zero-order valence-electron chi connectivity index (χ0n) is 13.3. The van der Waals surface area contributed by atoms with Crippen molar-refractivity contribution in [3.8, 4) is 0 Å². The number of likely N-dealkylation sites (N-methyl/N-ethyl adjacent to an activating group) is 1. The Balaban J connectivity index is 1.60. The molecule has 1 aliphatic carbocycles. The number of piperazine rings is 1. The molecule has 116 valence electrons. The fourth-order valence-electron chi connectivity index (χ4n) is 4.01. The SMILES string of the molecule is CNCC(c1ccccc1)N1CCN(C2CCCC2)CC1.